The number of nitrogens with zero attached hydrogens (tertiary/aromatic N) is 1. The molecule has 1 atom stereocenters. The number of aryl methyl sites for hydroxylation is 2. The van der Waals surface area contributed by atoms with E-state index in [1.165, 1.54) is 5.56 Å². The zero-order chi connectivity index (χ0) is 11.7. The zero-order valence-corrected chi connectivity index (χ0v) is 10.1. The summed E-state index contributed by atoms with van der Waals surface area (Å²) in [6.07, 6.45) is 0. The third-order valence-corrected chi connectivity index (χ3v) is 3.08. The summed E-state index contributed by atoms with van der Waals surface area (Å²) < 4.78 is 0. The smallest absolute Gasteiger partial charge is 0.243 e. The Morgan fingerprint density at radius 3 is 2.88 bits per heavy atom. The SMILES string of the molecule is Cc1ccc(C)c(N2CCNC(C)C2=O)c1. The van der Waals surface area contributed by atoms with E-state index in [0.717, 1.165) is 24.3 Å². The Kier molecular flexibility index (Phi) is 2.97. The van der Waals surface area contributed by atoms with Gasteiger partial charge in [-0.25, -0.2) is 0 Å². The van der Waals surface area contributed by atoms with Gasteiger partial charge in [0.2, 0.25) is 5.91 Å². The third kappa shape index (κ3) is 1.95. The quantitative estimate of drug-likeness (QED) is 0.777. The van der Waals surface area contributed by atoms with Crippen molar-refractivity contribution in [2.75, 3.05) is 18.0 Å². The van der Waals surface area contributed by atoms with Gasteiger partial charge in [0.05, 0.1) is 6.04 Å². The molecule has 0 bridgehead atoms. The molecule has 16 heavy (non-hydrogen) atoms. The second-order valence-corrected chi connectivity index (χ2v) is 4.46. The maximum absolute atomic E-state index is 12.1. The minimum Gasteiger partial charge on any atom is -0.310 e. The molecule has 0 radical (unpaired) electrons. The van der Waals surface area contributed by atoms with Crippen LogP contribution in [0.4, 0.5) is 5.69 Å². The van der Waals surface area contributed by atoms with Crippen LogP contribution in [0.5, 0.6) is 0 Å². The second kappa shape index (κ2) is 4.26. The fourth-order valence-electron chi connectivity index (χ4n) is 2.07. The summed E-state index contributed by atoms with van der Waals surface area (Å²) in [5.74, 6) is 0.167. The molecule has 1 heterocycles. The predicted octanol–water partition coefficient (Wildman–Crippen LogP) is 1.63. The summed E-state index contributed by atoms with van der Waals surface area (Å²) >= 11 is 0. The van der Waals surface area contributed by atoms with Gasteiger partial charge in [0.15, 0.2) is 0 Å². The molecule has 0 aliphatic carbocycles. The Hall–Kier alpha value is -1.35. The van der Waals surface area contributed by atoms with Crippen molar-refractivity contribution in [3.63, 3.8) is 0 Å². The molecule has 1 fully saturated rings. The molecule has 1 aromatic carbocycles. The van der Waals surface area contributed by atoms with Crippen molar-refractivity contribution in [2.24, 2.45) is 0 Å². The van der Waals surface area contributed by atoms with Gasteiger partial charge in [-0.1, -0.05) is 12.1 Å². The number of anilines is 1. The molecule has 0 aromatic heterocycles. The van der Waals surface area contributed by atoms with E-state index in [9.17, 15) is 4.79 Å². The van der Waals surface area contributed by atoms with Crippen LogP contribution in [0.25, 0.3) is 0 Å². The normalized spacial score (nSPS) is 21.3. The van der Waals surface area contributed by atoms with Crippen molar-refractivity contribution in [1.82, 2.24) is 5.32 Å². The molecule has 1 aromatic rings. The van der Waals surface area contributed by atoms with Crippen LogP contribution in [0, 0.1) is 13.8 Å². The molecule has 1 saturated heterocycles. The van der Waals surface area contributed by atoms with Crippen molar-refractivity contribution >= 4 is 11.6 Å². The van der Waals surface area contributed by atoms with E-state index >= 15 is 0 Å². The van der Waals surface area contributed by atoms with E-state index in [4.69, 9.17) is 0 Å². The van der Waals surface area contributed by atoms with Gasteiger partial charge in [-0.15, -0.1) is 0 Å². The van der Waals surface area contributed by atoms with E-state index in [-0.39, 0.29) is 11.9 Å². The number of benzene rings is 1. The largest absolute Gasteiger partial charge is 0.310 e. The van der Waals surface area contributed by atoms with Crippen LogP contribution in [0.15, 0.2) is 18.2 Å². The molecule has 2 rings (SSSR count). The van der Waals surface area contributed by atoms with Gasteiger partial charge in [0.1, 0.15) is 0 Å². The fraction of sp³-hybridized carbons (Fsp3) is 0.462. The maximum atomic E-state index is 12.1. The number of amides is 1. The Bertz CT molecular complexity index is 414. The number of nitrogens with one attached hydrogen (secondary N) is 1. The van der Waals surface area contributed by atoms with E-state index < -0.39 is 0 Å². The Morgan fingerprint density at radius 1 is 1.38 bits per heavy atom. The van der Waals surface area contributed by atoms with Gasteiger partial charge < -0.3 is 10.2 Å². The molecule has 3 heteroatoms. The first-order chi connectivity index (χ1) is 7.59. The zero-order valence-electron chi connectivity index (χ0n) is 10.1. The second-order valence-electron chi connectivity index (χ2n) is 4.46. The van der Waals surface area contributed by atoms with E-state index in [1.807, 2.05) is 11.8 Å². The van der Waals surface area contributed by atoms with Crippen LogP contribution < -0.4 is 10.2 Å². The monoisotopic (exact) mass is 218 g/mol. The predicted molar refractivity (Wildman–Crippen MR) is 65.7 cm³/mol. The van der Waals surface area contributed by atoms with Gasteiger partial charge in [-0.2, -0.15) is 0 Å². The molecule has 1 N–H and O–H groups in total. The van der Waals surface area contributed by atoms with E-state index in [2.05, 4.69) is 37.4 Å². The number of carbonyl (C=O) groups is 1. The number of piperazine rings is 1. The molecule has 0 spiro atoms. The standard InChI is InChI=1S/C13H18N2O/c1-9-4-5-10(2)12(8-9)15-7-6-14-11(3)13(15)16/h4-5,8,11,14H,6-7H2,1-3H3. The lowest BCUT2D eigenvalue weighted by Gasteiger charge is -2.32. The minimum absolute atomic E-state index is 0.0753. The average Bonchev–Trinajstić information content (AvgIpc) is 2.26. The summed E-state index contributed by atoms with van der Waals surface area (Å²) in [5.41, 5.74) is 3.41. The summed E-state index contributed by atoms with van der Waals surface area (Å²) in [6.45, 7) is 7.64. The van der Waals surface area contributed by atoms with E-state index in [0.29, 0.717) is 0 Å². The first-order valence-corrected chi connectivity index (χ1v) is 5.71. The Balaban J connectivity index is 2.35. The lowest BCUT2D eigenvalue weighted by Crippen LogP contribution is -2.54. The van der Waals surface area contributed by atoms with Crippen LogP contribution in [-0.2, 0) is 4.79 Å². The molecular weight excluding hydrogens is 200 g/mol. The van der Waals surface area contributed by atoms with Crippen LogP contribution in [-0.4, -0.2) is 25.0 Å². The van der Waals surface area contributed by atoms with Crippen molar-refractivity contribution in [2.45, 2.75) is 26.8 Å². The first kappa shape index (κ1) is 11.1. The van der Waals surface area contributed by atoms with E-state index in [1.54, 1.807) is 0 Å². The molecule has 0 saturated carbocycles. The highest BCUT2D eigenvalue weighted by Crippen LogP contribution is 2.23. The third-order valence-electron chi connectivity index (χ3n) is 3.08. The molecule has 1 aliphatic rings. The molecule has 1 aliphatic heterocycles. The molecule has 86 valence electrons. The summed E-state index contributed by atoms with van der Waals surface area (Å²) in [5, 5.41) is 3.17. The number of hydrogen-bond acceptors (Lipinski definition) is 2. The minimum atomic E-state index is -0.0753. The highest BCUT2D eigenvalue weighted by molar-refractivity contribution is 5.98. The molecular formula is C13H18N2O. The lowest BCUT2D eigenvalue weighted by molar-refractivity contribution is -0.121. The Morgan fingerprint density at radius 2 is 2.12 bits per heavy atom. The highest BCUT2D eigenvalue weighted by Gasteiger charge is 2.26. The summed E-state index contributed by atoms with van der Waals surface area (Å²) in [4.78, 5) is 13.9. The van der Waals surface area contributed by atoms with Crippen LogP contribution in [0.3, 0.4) is 0 Å². The summed E-state index contributed by atoms with van der Waals surface area (Å²) in [7, 11) is 0. The van der Waals surface area contributed by atoms with Crippen molar-refractivity contribution < 1.29 is 4.79 Å². The van der Waals surface area contributed by atoms with Gasteiger partial charge >= 0.3 is 0 Å². The van der Waals surface area contributed by atoms with Gasteiger partial charge in [0, 0.05) is 18.8 Å². The lowest BCUT2D eigenvalue weighted by atomic mass is 10.1. The van der Waals surface area contributed by atoms with Crippen molar-refractivity contribution in [3.05, 3.63) is 29.3 Å². The molecule has 3 nitrogen and oxygen atoms in total. The first-order valence-electron chi connectivity index (χ1n) is 5.71. The van der Waals surface area contributed by atoms with Crippen LogP contribution in [0.2, 0.25) is 0 Å². The molecule has 1 amide bonds. The number of hydrogen-bond donors (Lipinski definition) is 1. The van der Waals surface area contributed by atoms with Crippen LogP contribution in [0.1, 0.15) is 18.1 Å². The summed E-state index contributed by atoms with van der Waals surface area (Å²) in [6, 6.07) is 6.17. The average molecular weight is 218 g/mol. The van der Waals surface area contributed by atoms with Gasteiger partial charge in [0.25, 0.3) is 0 Å². The maximum Gasteiger partial charge on any atom is 0.243 e. The number of carbonyl (C=O) groups excluding carboxylic acids is 1. The Labute approximate surface area is 96.5 Å². The number of rotatable bonds is 1. The van der Waals surface area contributed by atoms with Crippen LogP contribution >= 0.6 is 0 Å². The fourth-order valence-corrected chi connectivity index (χ4v) is 2.07. The van der Waals surface area contributed by atoms with Gasteiger partial charge in [-0.05, 0) is 38.0 Å². The molecule has 1 unspecified atom stereocenters. The van der Waals surface area contributed by atoms with Gasteiger partial charge in [-0.3, -0.25) is 4.79 Å². The topological polar surface area (TPSA) is 32.3 Å². The van der Waals surface area contributed by atoms with Crippen molar-refractivity contribution in [3.8, 4) is 0 Å². The highest BCUT2D eigenvalue weighted by atomic mass is 16.2. The van der Waals surface area contributed by atoms with Crippen molar-refractivity contribution in [1.29, 1.82) is 0 Å².